The molecule has 31 heavy (non-hydrogen) atoms. The number of amides is 2. The van der Waals surface area contributed by atoms with Crippen LogP contribution in [0.15, 0.2) is 48.5 Å². The summed E-state index contributed by atoms with van der Waals surface area (Å²) in [5.74, 6) is -0.498. The van der Waals surface area contributed by atoms with Gasteiger partial charge in [0, 0.05) is 12.6 Å². The van der Waals surface area contributed by atoms with Crippen molar-refractivity contribution in [2.24, 2.45) is 0 Å². The van der Waals surface area contributed by atoms with Crippen molar-refractivity contribution in [3.8, 4) is 0 Å². The van der Waals surface area contributed by atoms with Gasteiger partial charge in [-0.2, -0.15) is 0 Å². The highest BCUT2D eigenvalue weighted by molar-refractivity contribution is 5.88. The van der Waals surface area contributed by atoms with Gasteiger partial charge in [-0.05, 0) is 55.0 Å². The number of hydrogen-bond acceptors (Lipinski definition) is 2. The standard InChI is InChI=1S/C26H33FN2O2/c1-3-24(26(31)28-23-11-5-4-6-12-23)29(18-20-13-15-22(27)16-14-20)25(30)17-21-10-8-7-9-19(21)2/h7-10,13-16,23-24H,3-6,11-12,17-18H2,1-2H3,(H,28,31)/t24-/m1/s1. The van der Waals surface area contributed by atoms with Gasteiger partial charge in [-0.15, -0.1) is 0 Å². The summed E-state index contributed by atoms with van der Waals surface area (Å²) >= 11 is 0. The molecular weight excluding hydrogens is 391 g/mol. The molecule has 0 aromatic heterocycles. The zero-order chi connectivity index (χ0) is 22.2. The maximum absolute atomic E-state index is 13.4. The van der Waals surface area contributed by atoms with Crippen molar-refractivity contribution in [1.29, 1.82) is 0 Å². The molecule has 3 rings (SSSR count). The number of carbonyl (C=O) groups excluding carboxylic acids is 2. The van der Waals surface area contributed by atoms with Crippen LogP contribution in [-0.2, 0) is 22.6 Å². The van der Waals surface area contributed by atoms with Crippen LogP contribution in [0.2, 0.25) is 0 Å². The second-order valence-corrected chi connectivity index (χ2v) is 8.52. The predicted molar refractivity (Wildman–Crippen MR) is 121 cm³/mol. The first-order chi connectivity index (χ1) is 15.0. The fourth-order valence-corrected chi connectivity index (χ4v) is 4.32. The van der Waals surface area contributed by atoms with E-state index >= 15 is 0 Å². The average Bonchev–Trinajstić information content (AvgIpc) is 2.77. The molecule has 0 heterocycles. The van der Waals surface area contributed by atoms with Gasteiger partial charge in [0.25, 0.3) is 0 Å². The zero-order valence-corrected chi connectivity index (χ0v) is 18.6. The van der Waals surface area contributed by atoms with Crippen LogP contribution in [0.4, 0.5) is 4.39 Å². The minimum absolute atomic E-state index is 0.0883. The molecule has 0 saturated heterocycles. The molecule has 2 aromatic rings. The SMILES string of the molecule is CC[C@H](C(=O)NC1CCCCC1)N(Cc1ccc(F)cc1)C(=O)Cc1ccccc1C. The molecule has 2 aromatic carbocycles. The number of nitrogens with one attached hydrogen (secondary N) is 1. The molecule has 2 amide bonds. The van der Waals surface area contributed by atoms with Crippen molar-refractivity contribution in [1.82, 2.24) is 10.2 Å². The Hall–Kier alpha value is -2.69. The lowest BCUT2D eigenvalue weighted by atomic mass is 9.95. The molecule has 0 aliphatic heterocycles. The van der Waals surface area contributed by atoms with Gasteiger partial charge in [-0.1, -0.05) is 62.6 Å². The van der Waals surface area contributed by atoms with Crippen molar-refractivity contribution in [2.45, 2.75) is 77.4 Å². The lowest BCUT2D eigenvalue weighted by molar-refractivity contribution is -0.141. The van der Waals surface area contributed by atoms with E-state index in [0.717, 1.165) is 42.4 Å². The van der Waals surface area contributed by atoms with Crippen LogP contribution in [0, 0.1) is 12.7 Å². The van der Waals surface area contributed by atoms with Crippen LogP contribution in [0.5, 0.6) is 0 Å². The molecule has 1 saturated carbocycles. The monoisotopic (exact) mass is 424 g/mol. The Balaban J connectivity index is 1.81. The van der Waals surface area contributed by atoms with Gasteiger partial charge < -0.3 is 10.2 Å². The van der Waals surface area contributed by atoms with Gasteiger partial charge in [-0.25, -0.2) is 4.39 Å². The Labute approximate surface area is 184 Å². The first kappa shape index (κ1) is 23.0. The average molecular weight is 425 g/mol. The molecule has 1 N–H and O–H groups in total. The second-order valence-electron chi connectivity index (χ2n) is 8.52. The summed E-state index contributed by atoms with van der Waals surface area (Å²) in [4.78, 5) is 28.3. The third-order valence-corrected chi connectivity index (χ3v) is 6.21. The van der Waals surface area contributed by atoms with E-state index in [0.29, 0.717) is 6.42 Å². The van der Waals surface area contributed by atoms with E-state index < -0.39 is 6.04 Å². The van der Waals surface area contributed by atoms with Crippen LogP contribution in [0.25, 0.3) is 0 Å². The van der Waals surface area contributed by atoms with Crippen molar-refractivity contribution < 1.29 is 14.0 Å². The summed E-state index contributed by atoms with van der Waals surface area (Å²) in [6.07, 6.45) is 6.24. The Kier molecular flexibility index (Phi) is 8.21. The van der Waals surface area contributed by atoms with Gasteiger partial charge in [0.05, 0.1) is 6.42 Å². The van der Waals surface area contributed by atoms with E-state index in [9.17, 15) is 14.0 Å². The molecule has 0 bridgehead atoms. The third kappa shape index (κ3) is 6.39. The Bertz CT molecular complexity index is 875. The summed E-state index contributed by atoms with van der Waals surface area (Å²) in [5.41, 5.74) is 2.82. The third-order valence-electron chi connectivity index (χ3n) is 6.21. The molecule has 1 aliphatic rings. The van der Waals surface area contributed by atoms with E-state index in [1.807, 2.05) is 38.1 Å². The van der Waals surface area contributed by atoms with E-state index in [2.05, 4.69) is 5.32 Å². The van der Waals surface area contributed by atoms with E-state index in [4.69, 9.17) is 0 Å². The van der Waals surface area contributed by atoms with Gasteiger partial charge in [0.15, 0.2) is 0 Å². The highest BCUT2D eigenvalue weighted by atomic mass is 19.1. The first-order valence-corrected chi connectivity index (χ1v) is 11.4. The topological polar surface area (TPSA) is 49.4 Å². The summed E-state index contributed by atoms with van der Waals surface area (Å²) in [6, 6.07) is 13.6. The quantitative estimate of drug-likeness (QED) is 0.653. The number of hydrogen-bond donors (Lipinski definition) is 1. The fraction of sp³-hybridized carbons (Fsp3) is 0.462. The maximum Gasteiger partial charge on any atom is 0.243 e. The maximum atomic E-state index is 13.4. The summed E-state index contributed by atoms with van der Waals surface area (Å²) in [5, 5.41) is 3.18. The Morgan fingerprint density at radius 2 is 1.74 bits per heavy atom. The summed E-state index contributed by atoms with van der Waals surface area (Å²) < 4.78 is 13.4. The molecular formula is C26H33FN2O2. The fourth-order valence-electron chi connectivity index (χ4n) is 4.32. The molecule has 1 atom stereocenters. The number of rotatable bonds is 8. The normalized spacial score (nSPS) is 15.3. The van der Waals surface area contributed by atoms with Gasteiger partial charge in [-0.3, -0.25) is 9.59 Å². The molecule has 4 nitrogen and oxygen atoms in total. The number of benzene rings is 2. The van der Waals surface area contributed by atoms with Crippen molar-refractivity contribution in [2.75, 3.05) is 0 Å². The minimum Gasteiger partial charge on any atom is -0.352 e. The Morgan fingerprint density at radius 3 is 2.39 bits per heavy atom. The van der Waals surface area contributed by atoms with Crippen molar-refractivity contribution in [3.05, 3.63) is 71.0 Å². The molecule has 0 unspecified atom stereocenters. The van der Waals surface area contributed by atoms with Gasteiger partial charge >= 0.3 is 0 Å². The van der Waals surface area contributed by atoms with Crippen molar-refractivity contribution >= 4 is 11.8 Å². The van der Waals surface area contributed by atoms with Crippen LogP contribution in [0.1, 0.15) is 62.1 Å². The van der Waals surface area contributed by atoms with Gasteiger partial charge in [0.1, 0.15) is 11.9 Å². The Morgan fingerprint density at radius 1 is 1.06 bits per heavy atom. The first-order valence-electron chi connectivity index (χ1n) is 11.4. The second kappa shape index (κ2) is 11.1. The highest BCUT2D eigenvalue weighted by Gasteiger charge is 2.30. The van der Waals surface area contributed by atoms with Crippen LogP contribution in [-0.4, -0.2) is 28.8 Å². The molecule has 0 radical (unpaired) electrons. The number of aryl methyl sites for hydroxylation is 1. The molecule has 0 spiro atoms. The van der Waals surface area contributed by atoms with Crippen molar-refractivity contribution in [3.63, 3.8) is 0 Å². The van der Waals surface area contributed by atoms with Crippen LogP contribution in [0.3, 0.4) is 0 Å². The molecule has 1 aliphatic carbocycles. The number of carbonyl (C=O) groups is 2. The van der Waals surface area contributed by atoms with E-state index in [1.165, 1.54) is 18.6 Å². The number of nitrogens with zero attached hydrogens (tertiary/aromatic N) is 1. The molecule has 166 valence electrons. The largest absolute Gasteiger partial charge is 0.352 e. The lowest BCUT2D eigenvalue weighted by Crippen LogP contribution is -2.52. The smallest absolute Gasteiger partial charge is 0.243 e. The molecule has 1 fully saturated rings. The zero-order valence-electron chi connectivity index (χ0n) is 18.6. The lowest BCUT2D eigenvalue weighted by Gasteiger charge is -2.33. The highest BCUT2D eigenvalue weighted by Crippen LogP contribution is 2.20. The predicted octanol–water partition coefficient (Wildman–Crippen LogP) is 4.93. The van der Waals surface area contributed by atoms with E-state index in [-0.39, 0.29) is 36.6 Å². The van der Waals surface area contributed by atoms with Crippen LogP contribution >= 0.6 is 0 Å². The van der Waals surface area contributed by atoms with E-state index in [1.54, 1.807) is 17.0 Å². The van der Waals surface area contributed by atoms with Crippen LogP contribution < -0.4 is 5.32 Å². The molecule has 5 heteroatoms. The summed E-state index contributed by atoms with van der Waals surface area (Å²) in [6.45, 7) is 4.20. The van der Waals surface area contributed by atoms with Gasteiger partial charge in [0.2, 0.25) is 11.8 Å². The summed E-state index contributed by atoms with van der Waals surface area (Å²) in [7, 11) is 0. The number of halogens is 1. The minimum atomic E-state index is -0.552.